The molecule has 0 spiro atoms. The van der Waals surface area contributed by atoms with Crippen molar-refractivity contribution < 1.29 is 15.3 Å². The maximum Gasteiger partial charge on any atom is 0.127 e. The highest BCUT2D eigenvalue weighted by molar-refractivity contribution is 5.85. The summed E-state index contributed by atoms with van der Waals surface area (Å²) in [7, 11) is 0. The molecule has 4 N–H and O–H groups in total. The van der Waals surface area contributed by atoms with Gasteiger partial charge in [0, 0.05) is 60.7 Å². The first-order valence-electron chi connectivity index (χ1n) is 13.0. The van der Waals surface area contributed by atoms with Crippen LogP contribution in [0.2, 0.25) is 0 Å². The van der Waals surface area contributed by atoms with Crippen LogP contribution in [0.1, 0.15) is 57.0 Å². The van der Waals surface area contributed by atoms with Crippen LogP contribution in [0.15, 0.2) is 46.4 Å². The van der Waals surface area contributed by atoms with Gasteiger partial charge in [0.15, 0.2) is 0 Å². The van der Waals surface area contributed by atoms with Crippen LogP contribution >= 0.6 is 0 Å². The Bertz CT molecular complexity index is 1290. The summed E-state index contributed by atoms with van der Waals surface area (Å²) in [6, 6.07) is 11.7. The molecule has 0 aliphatic rings. The zero-order chi connectivity index (χ0) is 28.0. The molecule has 3 aromatic rings. The summed E-state index contributed by atoms with van der Waals surface area (Å²) < 4.78 is 0. The van der Waals surface area contributed by atoms with Gasteiger partial charge in [-0.15, -0.1) is 0 Å². The molecule has 202 valence electrons. The summed E-state index contributed by atoms with van der Waals surface area (Å²) >= 11 is 0. The minimum Gasteiger partial charge on any atom is -0.507 e. The lowest BCUT2D eigenvalue weighted by atomic mass is 9.90. The molecule has 0 aliphatic carbocycles. The number of hydrogen-bond acceptors (Lipinski definition) is 6. The number of rotatable bonds is 10. The van der Waals surface area contributed by atoms with E-state index in [1.165, 1.54) is 0 Å². The Morgan fingerprint density at radius 3 is 1.55 bits per heavy atom. The van der Waals surface area contributed by atoms with Gasteiger partial charge in [-0.05, 0) is 81.5 Å². The molecule has 0 aliphatic heterocycles. The summed E-state index contributed by atoms with van der Waals surface area (Å²) in [5.74, 6) is 0.803. The predicted molar refractivity (Wildman–Crippen MR) is 157 cm³/mol. The Balaban J connectivity index is 1.80. The quantitative estimate of drug-likeness (QED) is 0.249. The van der Waals surface area contributed by atoms with Crippen molar-refractivity contribution >= 4 is 12.4 Å². The molecular weight excluding hydrogens is 474 g/mol. The number of nitrogens with zero attached hydrogens (tertiary/aromatic N) is 2. The first-order chi connectivity index (χ1) is 17.9. The maximum atomic E-state index is 10.5. The lowest BCUT2D eigenvalue weighted by Crippen LogP contribution is -2.37. The Labute approximate surface area is 226 Å². The minimum absolute atomic E-state index is 0.243. The zero-order valence-corrected chi connectivity index (χ0v) is 23.7. The van der Waals surface area contributed by atoms with Gasteiger partial charge < -0.3 is 20.6 Å². The molecule has 3 rings (SSSR count). The molecule has 0 amide bonds. The van der Waals surface area contributed by atoms with Gasteiger partial charge in [-0.25, -0.2) is 0 Å². The van der Waals surface area contributed by atoms with E-state index in [1.54, 1.807) is 12.4 Å². The van der Waals surface area contributed by atoms with Crippen molar-refractivity contribution in [2.45, 2.75) is 55.0 Å². The van der Waals surface area contributed by atoms with Crippen molar-refractivity contribution in [1.29, 1.82) is 0 Å². The van der Waals surface area contributed by atoms with Crippen molar-refractivity contribution in [3.8, 4) is 17.2 Å². The molecule has 0 bridgehead atoms. The third kappa shape index (κ3) is 7.45. The van der Waals surface area contributed by atoms with Gasteiger partial charge in [0.25, 0.3) is 0 Å². The van der Waals surface area contributed by atoms with Gasteiger partial charge in [-0.1, -0.05) is 36.8 Å². The topological polar surface area (TPSA) is 97.4 Å². The smallest absolute Gasteiger partial charge is 0.127 e. The summed E-state index contributed by atoms with van der Waals surface area (Å²) in [5, 5.41) is 34.9. The zero-order valence-electron chi connectivity index (χ0n) is 23.7. The lowest BCUT2D eigenvalue weighted by Gasteiger charge is -2.27. The Hall–Kier alpha value is -3.64. The van der Waals surface area contributed by atoms with Gasteiger partial charge in [0.05, 0.1) is 0 Å². The average molecular weight is 516 g/mol. The highest BCUT2D eigenvalue weighted by Crippen LogP contribution is 2.26. The van der Waals surface area contributed by atoms with Crippen molar-refractivity contribution in [2.24, 2.45) is 15.4 Å². The number of phenolic OH excluding ortho intramolecular Hbond substituents is 3. The molecule has 0 atom stereocenters. The van der Waals surface area contributed by atoms with E-state index in [9.17, 15) is 15.3 Å². The number of phenols is 3. The Morgan fingerprint density at radius 2 is 1.08 bits per heavy atom. The van der Waals surface area contributed by atoms with Crippen LogP contribution in [0.5, 0.6) is 17.2 Å². The van der Waals surface area contributed by atoms with Crippen LogP contribution in [-0.2, 0) is 6.54 Å². The highest BCUT2D eigenvalue weighted by Gasteiger charge is 2.24. The lowest BCUT2D eigenvalue weighted by molar-refractivity contribution is 0.327. The van der Waals surface area contributed by atoms with Crippen LogP contribution < -0.4 is 5.32 Å². The third-order valence-electron chi connectivity index (χ3n) is 6.75. The van der Waals surface area contributed by atoms with E-state index < -0.39 is 0 Å². The van der Waals surface area contributed by atoms with Crippen LogP contribution in [0.3, 0.4) is 0 Å². The highest BCUT2D eigenvalue weighted by atomic mass is 16.3. The fourth-order valence-electron chi connectivity index (χ4n) is 4.75. The molecule has 6 nitrogen and oxygen atoms in total. The molecule has 6 heteroatoms. The van der Waals surface area contributed by atoms with Crippen molar-refractivity contribution in [1.82, 2.24) is 5.32 Å². The van der Waals surface area contributed by atoms with E-state index in [1.807, 2.05) is 77.9 Å². The van der Waals surface area contributed by atoms with E-state index >= 15 is 0 Å². The number of nitrogens with one attached hydrogen (secondary N) is 1. The first-order valence-corrected chi connectivity index (χ1v) is 13.0. The molecule has 0 saturated heterocycles. The maximum absolute atomic E-state index is 10.5. The Morgan fingerprint density at radius 1 is 0.658 bits per heavy atom. The predicted octanol–water partition coefficient (Wildman–Crippen LogP) is 5.99. The SMILES string of the molecule is Cc1cc(C)c(O)c(C=NCC(C)(CN=Cc2cc(C)cc(C)c2O)CNCc2cc(C)cc(C)c2O)c1. The molecular formula is C32H41N3O3. The number of aromatic hydroxyl groups is 3. The molecule has 0 unspecified atom stereocenters. The van der Waals surface area contributed by atoms with E-state index in [-0.39, 0.29) is 16.9 Å². The van der Waals surface area contributed by atoms with E-state index in [4.69, 9.17) is 9.98 Å². The second kappa shape index (κ2) is 12.3. The molecule has 0 heterocycles. The van der Waals surface area contributed by atoms with E-state index in [2.05, 4.69) is 12.2 Å². The van der Waals surface area contributed by atoms with Gasteiger partial charge in [-0.3, -0.25) is 9.98 Å². The van der Waals surface area contributed by atoms with Gasteiger partial charge in [0.1, 0.15) is 17.2 Å². The van der Waals surface area contributed by atoms with Crippen molar-refractivity contribution in [2.75, 3.05) is 19.6 Å². The van der Waals surface area contributed by atoms with Gasteiger partial charge in [-0.2, -0.15) is 0 Å². The first kappa shape index (κ1) is 28.9. The van der Waals surface area contributed by atoms with Crippen LogP contribution in [0.25, 0.3) is 0 Å². The molecule has 0 radical (unpaired) electrons. The summed E-state index contributed by atoms with van der Waals surface area (Å²) in [6.07, 6.45) is 3.45. The third-order valence-corrected chi connectivity index (χ3v) is 6.75. The molecule has 0 saturated carbocycles. The standard InChI is InChI=1S/C32H41N3O3/c1-20-8-23(4)29(36)26(11-20)14-33-17-32(7,18-34-15-27-12-21(2)9-24(5)30(27)37)19-35-16-28-13-22(3)10-25(6)31(28)38/h8-15,35-38H,16-19H2,1-7H3. The summed E-state index contributed by atoms with van der Waals surface area (Å²) in [6.45, 7) is 15.9. The number of hydrogen-bond donors (Lipinski definition) is 4. The minimum atomic E-state index is -0.357. The monoisotopic (exact) mass is 515 g/mol. The van der Waals surface area contributed by atoms with Crippen LogP contribution in [0, 0.1) is 47.0 Å². The van der Waals surface area contributed by atoms with Crippen LogP contribution in [0.4, 0.5) is 0 Å². The van der Waals surface area contributed by atoms with E-state index in [0.717, 1.165) is 38.9 Å². The molecule has 38 heavy (non-hydrogen) atoms. The van der Waals surface area contributed by atoms with Crippen molar-refractivity contribution in [3.05, 3.63) is 86.5 Å². The normalized spacial score (nSPS) is 13.4. The fraction of sp³-hybridized carbons (Fsp3) is 0.375. The fourth-order valence-corrected chi connectivity index (χ4v) is 4.75. The number of aryl methyl sites for hydroxylation is 6. The molecule has 0 fully saturated rings. The van der Waals surface area contributed by atoms with Gasteiger partial charge in [0.2, 0.25) is 0 Å². The van der Waals surface area contributed by atoms with Crippen molar-refractivity contribution in [3.63, 3.8) is 0 Å². The molecule has 3 aromatic carbocycles. The summed E-state index contributed by atoms with van der Waals surface area (Å²) in [4.78, 5) is 9.40. The Kier molecular flexibility index (Phi) is 9.34. The van der Waals surface area contributed by atoms with Crippen LogP contribution in [-0.4, -0.2) is 47.4 Å². The average Bonchev–Trinajstić information content (AvgIpc) is 2.83. The number of aliphatic imine (C=N–C) groups is 2. The number of benzene rings is 3. The second-order valence-corrected chi connectivity index (χ2v) is 11.0. The largest absolute Gasteiger partial charge is 0.507 e. The second-order valence-electron chi connectivity index (χ2n) is 11.0. The summed E-state index contributed by atoms with van der Waals surface area (Å²) in [5.41, 5.74) is 7.64. The molecule has 0 aromatic heterocycles. The van der Waals surface area contributed by atoms with Gasteiger partial charge >= 0.3 is 0 Å². The van der Waals surface area contributed by atoms with E-state index in [0.29, 0.717) is 43.1 Å².